The van der Waals surface area contributed by atoms with Gasteiger partial charge in [-0.3, -0.25) is 9.48 Å². The predicted molar refractivity (Wildman–Crippen MR) is 87.0 cm³/mol. The molecule has 0 unspecified atom stereocenters. The van der Waals surface area contributed by atoms with Crippen LogP contribution in [0.25, 0.3) is 0 Å². The molecule has 128 valence electrons. The van der Waals surface area contributed by atoms with Crippen LogP contribution < -0.4 is 0 Å². The Morgan fingerprint density at radius 2 is 2.17 bits per heavy atom. The number of carbonyl (C=O) groups is 1. The molecular weight excluding hydrogens is 357 g/mol. The van der Waals surface area contributed by atoms with Crippen molar-refractivity contribution < 1.29 is 17.6 Å². The minimum atomic E-state index is -3.25. The lowest BCUT2D eigenvalue weighted by molar-refractivity contribution is 0.0697. The van der Waals surface area contributed by atoms with Crippen molar-refractivity contribution in [3.8, 4) is 0 Å². The Hall–Kier alpha value is -1.93. The van der Waals surface area contributed by atoms with E-state index in [1.54, 1.807) is 24.1 Å². The predicted octanol–water partition coefficient (Wildman–Crippen LogP) is 1.82. The summed E-state index contributed by atoms with van der Waals surface area (Å²) in [6, 6.07) is 3.08. The number of hydrogen-bond acceptors (Lipinski definition) is 4. The van der Waals surface area contributed by atoms with Gasteiger partial charge in [0.1, 0.15) is 5.82 Å². The van der Waals surface area contributed by atoms with E-state index in [4.69, 9.17) is 11.6 Å². The summed E-state index contributed by atoms with van der Waals surface area (Å²) in [5, 5.41) is 3.90. The lowest BCUT2D eigenvalue weighted by Crippen LogP contribution is -2.46. The highest BCUT2D eigenvalue weighted by atomic mass is 35.5. The molecule has 1 aromatic carbocycles. The number of aryl methyl sites for hydroxylation is 1. The van der Waals surface area contributed by atoms with Gasteiger partial charge in [-0.25, -0.2) is 12.8 Å². The third-order valence-corrected chi connectivity index (χ3v) is 5.89. The molecule has 0 saturated carbocycles. The molecule has 0 radical (unpaired) electrons. The molecule has 2 aromatic rings. The molecule has 2 heterocycles. The Bertz CT molecular complexity index is 897. The summed E-state index contributed by atoms with van der Waals surface area (Å²) < 4.78 is 38.9. The normalized spacial score (nSPS) is 20.1. The number of sulfone groups is 1. The van der Waals surface area contributed by atoms with E-state index in [1.807, 2.05) is 0 Å². The largest absolute Gasteiger partial charge is 0.329 e. The van der Waals surface area contributed by atoms with Gasteiger partial charge < -0.3 is 4.90 Å². The van der Waals surface area contributed by atoms with Gasteiger partial charge in [0, 0.05) is 30.9 Å². The van der Waals surface area contributed by atoms with Crippen LogP contribution in [0.2, 0.25) is 5.02 Å². The molecule has 1 fully saturated rings. The second kappa shape index (κ2) is 6.18. The maximum Gasteiger partial charge on any atom is 0.254 e. The summed E-state index contributed by atoms with van der Waals surface area (Å²) in [6.45, 7) is 0.0652. The van der Waals surface area contributed by atoms with Gasteiger partial charge in [0.25, 0.3) is 5.91 Å². The third-order valence-electron chi connectivity index (χ3n) is 3.97. The molecule has 0 spiro atoms. The average Bonchev–Trinajstić information content (AvgIpc) is 2.95. The van der Waals surface area contributed by atoms with Gasteiger partial charge in [0.05, 0.1) is 28.8 Å². The molecule has 9 heteroatoms. The molecule has 6 nitrogen and oxygen atoms in total. The molecule has 1 saturated heterocycles. The first kappa shape index (κ1) is 16.9. The van der Waals surface area contributed by atoms with Crippen LogP contribution in [0.3, 0.4) is 0 Å². The number of halogens is 2. The highest BCUT2D eigenvalue weighted by Gasteiger charge is 2.36. The zero-order valence-corrected chi connectivity index (χ0v) is 14.4. The van der Waals surface area contributed by atoms with Gasteiger partial charge in [-0.1, -0.05) is 11.6 Å². The summed E-state index contributed by atoms with van der Waals surface area (Å²) in [7, 11) is -1.54. The van der Waals surface area contributed by atoms with Crippen LogP contribution in [0.15, 0.2) is 30.6 Å². The van der Waals surface area contributed by atoms with Gasteiger partial charge in [-0.05, 0) is 18.2 Å². The van der Waals surface area contributed by atoms with Crippen LogP contribution >= 0.6 is 11.6 Å². The minimum absolute atomic E-state index is 0.0652. The Labute approximate surface area is 143 Å². The molecule has 3 rings (SSSR count). The maximum atomic E-state index is 13.3. The first-order valence-electron chi connectivity index (χ1n) is 7.22. The van der Waals surface area contributed by atoms with Crippen molar-refractivity contribution in [3.05, 3.63) is 52.6 Å². The second-order valence-corrected chi connectivity index (χ2v) is 8.34. The smallest absolute Gasteiger partial charge is 0.254 e. The molecule has 1 aliphatic rings. The Morgan fingerprint density at radius 1 is 1.42 bits per heavy atom. The molecule has 1 amide bonds. The van der Waals surface area contributed by atoms with Crippen LogP contribution in [0, 0.1) is 5.82 Å². The number of hydrogen-bond donors (Lipinski definition) is 0. The number of nitrogens with zero attached hydrogens (tertiary/aromatic N) is 3. The van der Waals surface area contributed by atoms with Crippen LogP contribution in [-0.2, 0) is 16.9 Å². The SMILES string of the molecule is Cn1cc([C@@H]2CS(=O)(=O)CCN2C(=O)c2ccc(F)c(Cl)c2)cn1. The minimum Gasteiger partial charge on any atom is -0.329 e. The fourth-order valence-electron chi connectivity index (χ4n) is 2.73. The zero-order chi connectivity index (χ0) is 17.5. The quantitative estimate of drug-likeness (QED) is 0.807. The van der Waals surface area contributed by atoms with Crippen molar-refractivity contribution in [2.24, 2.45) is 7.05 Å². The highest BCUT2D eigenvalue weighted by molar-refractivity contribution is 7.91. The molecule has 0 aliphatic carbocycles. The van der Waals surface area contributed by atoms with Crippen molar-refractivity contribution in [1.82, 2.24) is 14.7 Å². The third kappa shape index (κ3) is 3.29. The van der Waals surface area contributed by atoms with Crippen LogP contribution in [0.4, 0.5) is 4.39 Å². The Balaban J connectivity index is 1.97. The molecule has 1 atom stereocenters. The summed E-state index contributed by atoms with van der Waals surface area (Å²) >= 11 is 5.74. The fourth-order valence-corrected chi connectivity index (χ4v) is 4.41. The fraction of sp³-hybridized carbons (Fsp3) is 0.333. The Morgan fingerprint density at radius 3 is 2.79 bits per heavy atom. The van der Waals surface area contributed by atoms with E-state index in [0.717, 1.165) is 6.07 Å². The van der Waals surface area contributed by atoms with E-state index < -0.39 is 21.7 Å². The first-order chi connectivity index (χ1) is 11.3. The molecule has 0 N–H and O–H groups in total. The van der Waals surface area contributed by atoms with Gasteiger partial charge >= 0.3 is 0 Å². The summed E-state index contributed by atoms with van der Waals surface area (Å²) in [4.78, 5) is 14.3. The van der Waals surface area contributed by atoms with Crippen LogP contribution in [0.1, 0.15) is 22.0 Å². The van der Waals surface area contributed by atoms with Crippen LogP contribution in [0.5, 0.6) is 0 Å². The second-order valence-electron chi connectivity index (χ2n) is 5.70. The lowest BCUT2D eigenvalue weighted by atomic mass is 10.1. The first-order valence-corrected chi connectivity index (χ1v) is 9.42. The van der Waals surface area contributed by atoms with Crippen molar-refractivity contribution in [2.45, 2.75) is 6.04 Å². The average molecular weight is 372 g/mol. The van der Waals surface area contributed by atoms with E-state index in [2.05, 4.69) is 5.10 Å². The molecule has 24 heavy (non-hydrogen) atoms. The number of amides is 1. The van der Waals surface area contributed by atoms with Gasteiger partial charge in [-0.15, -0.1) is 0 Å². The highest BCUT2D eigenvalue weighted by Crippen LogP contribution is 2.29. The maximum absolute atomic E-state index is 13.3. The molecule has 0 bridgehead atoms. The van der Waals surface area contributed by atoms with Crippen LogP contribution in [-0.4, -0.2) is 47.1 Å². The monoisotopic (exact) mass is 371 g/mol. The van der Waals surface area contributed by atoms with Crippen molar-refractivity contribution in [2.75, 3.05) is 18.1 Å². The lowest BCUT2D eigenvalue weighted by Gasteiger charge is -2.35. The van der Waals surface area contributed by atoms with Gasteiger partial charge in [0.15, 0.2) is 9.84 Å². The summed E-state index contributed by atoms with van der Waals surface area (Å²) in [6.07, 6.45) is 3.23. The van der Waals surface area contributed by atoms with E-state index in [9.17, 15) is 17.6 Å². The molecular formula is C15H15ClFN3O3S. The summed E-state index contributed by atoms with van der Waals surface area (Å²) in [5.41, 5.74) is 0.858. The number of aromatic nitrogens is 2. The topological polar surface area (TPSA) is 72.3 Å². The zero-order valence-electron chi connectivity index (χ0n) is 12.8. The van der Waals surface area contributed by atoms with E-state index in [1.165, 1.54) is 17.0 Å². The van der Waals surface area contributed by atoms with E-state index >= 15 is 0 Å². The van der Waals surface area contributed by atoms with Crippen molar-refractivity contribution in [1.29, 1.82) is 0 Å². The van der Waals surface area contributed by atoms with E-state index in [0.29, 0.717) is 5.56 Å². The van der Waals surface area contributed by atoms with Gasteiger partial charge in [-0.2, -0.15) is 5.10 Å². The van der Waals surface area contributed by atoms with E-state index in [-0.39, 0.29) is 34.5 Å². The Kier molecular flexibility index (Phi) is 4.35. The summed E-state index contributed by atoms with van der Waals surface area (Å²) in [5.74, 6) is -1.28. The van der Waals surface area contributed by atoms with Crippen molar-refractivity contribution >= 4 is 27.3 Å². The number of carbonyl (C=O) groups excluding carboxylic acids is 1. The molecule has 1 aliphatic heterocycles. The van der Waals surface area contributed by atoms with Crippen molar-refractivity contribution in [3.63, 3.8) is 0 Å². The standard InChI is InChI=1S/C15H15ClFN3O3S/c1-19-8-11(7-18-19)14-9-24(22,23)5-4-20(14)15(21)10-2-3-13(17)12(16)6-10/h2-3,6-8,14H,4-5,9H2,1H3/t14-/m0/s1. The molecule has 1 aromatic heterocycles. The number of rotatable bonds is 2. The number of benzene rings is 1. The van der Waals surface area contributed by atoms with Gasteiger partial charge in [0.2, 0.25) is 0 Å².